The van der Waals surface area contributed by atoms with Gasteiger partial charge in [0.25, 0.3) is 0 Å². The van der Waals surface area contributed by atoms with Crippen molar-refractivity contribution in [2.45, 2.75) is 97.1 Å². The molecule has 0 saturated carbocycles. The summed E-state index contributed by atoms with van der Waals surface area (Å²) in [7, 11) is 2.74. The number of alkyl carbamates (subject to hydrolysis) is 1. The van der Waals surface area contributed by atoms with E-state index in [9.17, 15) is 28.8 Å². The van der Waals surface area contributed by atoms with Gasteiger partial charge in [-0.3, -0.25) is 14.5 Å². The van der Waals surface area contributed by atoms with Crippen LogP contribution in [0.2, 0.25) is 0 Å². The number of likely N-dealkylation sites (N-methyl/N-ethyl adjacent to an activating group) is 1. The molecule has 2 rings (SSSR count). The van der Waals surface area contributed by atoms with Crippen LogP contribution in [0, 0.1) is 5.92 Å². The van der Waals surface area contributed by atoms with E-state index >= 15 is 0 Å². The fourth-order valence-electron chi connectivity index (χ4n) is 5.36. The predicted octanol–water partition coefficient (Wildman–Crippen LogP) is 4.20. The molecule has 15 heteroatoms. The maximum absolute atomic E-state index is 13.4. The number of carbonyl (C=O) groups is 6. The van der Waals surface area contributed by atoms with E-state index in [0.717, 1.165) is 5.56 Å². The SMILES string of the molecule is COC(=O)[C@@H](N(C)C(=O)OCc1ccc(NC(=O)[C@H](CCCNC(N)=O)NC(=O)C(NC(=O)OC(C)(C)C)C(C)C)cc1)C(C)(C)c1ccccc1. The van der Waals surface area contributed by atoms with E-state index < -0.39 is 65.1 Å². The molecule has 0 aliphatic heterocycles. The average molecular weight is 727 g/mol. The van der Waals surface area contributed by atoms with Crippen LogP contribution in [0.1, 0.15) is 72.4 Å². The summed E-state index contributed by atoms with van der Waals surface area (Å²) in [6.07, 6.45) is -1.05. The van der Waals surface area contributed by atoms with Crippen LogP contribution in [0.4, 0.5) is 20.1 Å². The van der Waals surface area contributed by atoms with E-state index in [0.29, 0.717) is 17.7 Å². The van der Waals surface area contributed by atoms with Crippen LogP contribution in [0.15, 0.2) is 54.6 Å². The highest BCUT2D eigenvalue weighted by Crippen LogP contribution is 2.31. The number of methoxy groups -OCH3 is 1. The van der Waals surface area contributed by atoms with E-state index in [2.05, 4.69) is 21.3 Å². The van der Waals surface area contributed by atoms with Crippen molar-refractivity contribution in [3.05, 3.63) is 65.7 Å². The van der Waals surface area contributed by atoms with Crippen LogP contribution < -0.4 is 27.0 Å². The first-order chi connectivity index (χ1) is 24.3. The van der Waals surface area contributed by atoms with Gasteiger partial charge >= 0.3 is 24.2 Å². The molecule has 0 bridgehead atoms. The lowest BCUT2D eigenvalue weighted by molar-refractivity contribution is -0.148. The monoisotopic (exact) mass is 726 g/mol. The number of nitrogens with one attached hydrogen (secondary N) is 4. The van der Waals surface area contributed by atoms with E-state index in [-0.39, 0.29) is 25.5 Å². The van der Waals surface area contributed by atoms with Crippen LogP contribution >= 0.6 is 0 Å². The van der Waals surface area contributed by atoms with Gasteiger partial charge in [0.05, 0.1) is 7.11 Å². The van der Waals surface area contributed by atoms with Crippen LogP contribution in [-0.4, -0.2) is 85.3 Å². The number of rotatable bonds is 16. The molecule has 0 aliphatic rings. The fourth-order valence-corrected chi connectivity index (χ4v) is 5.36. The number of anilines is 1. The molecule has 15 nitrogen and oxygen atoms in total. The molecule has 0 spiro atoms. The first kappa shape index (κ1) is 42.8. The summed E-state index contributed by atoms with van der Waals surface area (Å²) >= 11 is 0. The van der Waals surface area contributed by atoms with Crippen LogP contribution in [0.5, 0.6) is 0 Å². The van der Waals surface area contributed by atoms with Crippen molar-refractivity contribution in [2.24, 2.45) is 11.7 Å². The number of amides is 6. The zero-order valence-corrected chi connectivity index (χ0v) is 31.5. The zero-order valence-electron chi connectivity index (χ0n) is 31.5. The molecular weight excluding hydrogens is 672 g/mol. The Labute approximate surface area is 305 Å². The lowest BCUT2D eigenvalue weighted by Gasteiger charge is -2.38. The molecule has 52 heavy (non-hydrogen) atoms. The van der Waals surface area contributed by atoms with Crippen molar-refractivity contribution >= 4 is 41.7 Å². The number of primary amides is 1. The van der Waals surface area contributed by atoms with Crippen LogP contribution in [0.3, 0.4) is 0 Å². The maximum atomic E-state index is 13.4. The molecule has 0 aliphatic carbocycles. The average Bonchev–Trinajstić information content (AvgIpc) is 3.07. The normalized spacial score (nSPS) is 13.1. The van der Waals surface area contributed by atoms with E-state index in [1.165, 1.54) is 19.1 Å². The van der Waals surface area contributed by atoms with Crippen LogP contribution in [-0.2, 0) is 40.6 Å². The summed E-state index contributed by atoms with van der Waals surface area (Å²) in [6, 6.07) is 12.1. The third kappa shape index (κ3) is 13.4. The van der Waals surface area contributed by atoms with E-state index in [1.807, 2.05) is 44.2 Å². The van der Waals surface area contributed by atoms with Gasteiger partial charge < -0.3 is 41.2 Å². The molecule has 3 atom stereocenters. The third-order valence-electron chi connectivity index (χ3n) is 8.11. The minimum atomic E-state index is -1.04. The molecule has 0 radical (unpaired) electrons. The van der Waals surface area contributed by atoms with Crippen molar-refractivity contribution in [1.29, 1.82) is 0 Å². The molecular formula is C37H54N6O9. The second-order valence-electron chi connectivity index (χ2n) is 14.2. The van der Waals surface area contributed by atoms with Crippen molar-refractivity contribution < 1.29 is 43.0 Å². The van der Waals surface area contributed by atoms with Gasteiger partial charge in [-0.05, 0) is 62.8 Å². The number of esters is 1. The molecule has 2 aromatic rings. The van der Waals surface area contributed by atoms with E-state index in [4.69, 9.17) is 19.9 Å². The van der Waals surface area contributed by atoms with Crippen molar-refractivity contribution in [3.8, 4) is 0 Å². The number of ether oxygens (including phenoxy) is 3. The summed E-state index contributed by atoms with van der Waals surface area (Å²) in [5.74, 6) is -2.06. The van der Waals surface area contributed by atoms with Crippen molar-refractivity contribution in [3.63, 3.8) is 0 Å². The minimum Gasteiger partial charge on any atom is -0.467 e. The summed E-state index contributed by atoms with van der Waals surface area (Å²) in [5, 5.41) is 10.5. The Kier molecular flexibility index (Phi) is 15.9. The van der Waals surface area contributed by atoms with Gasteiger partial charge in [0.15, 0.2) is 0 Å². The van der Waals surface area contributed by atoms with Gasteiger partial charge in [0.1, 0.15) is 30.3 Å². The number of carbonyl (C=O) groups excluding carboxylic acids is 6. The Hall–Kier alpha value is -5.34. The molecule has 2 aromatic carbocycles. The number of urea groups is 1. The maximum Gasteiger partial charge on any atom is 0.410 e. The number of nitrogens with zero attached hydrogens (tertiary/aromatic N) is 1. The molecule has 286 valence electrons. The first-order valence-electron chi connectivity index (χ1n) is 17.0. The second-order valence-corrected chi connectivity index (χ2v) is 14.2. The fraction of sp³-hybridized carbons (Fsp3) is 0.514. The first-order valence-corrected chi connectivity index (χ1v) is 17.0. The molecule has 0 saturated heterocycles. The Bertz CT molecular complexity index is 1520. The molecule has 0 fully saturated rings. The Morgan fingerprint density at radius 3 is 2.02 bits per heavy atom. The van der Waals surface area contributed by atoms with Gasteiger partial charge in [-0.1, -0.05) is 70.2 Å². The molecule has 6 amide bonds. The van der Waals surface area contributed by atoms with Crippen molar-refractivity contribution in [2.75, 3.05) is 26.0 Å². The predicted molar refractivity (Wildman–Crippen MR) is 195 cm³/mol. The summed E-state index contributed by atoms with van der Waals surface area (Å²) in [5.41, 5.74) is 5.41. The number of benzene rings is 2. The second kappa shape index (κ2) is 19.3. The summed E-state index contributed by atoms with van der Waals surface area (Å²) < 4.78 is 15.9. The van der Waals surface area contributed by atoms with E-state index in [1.54, 1.807) is 58.9 Å². The molecule has 0 aromatic heterocycles. The van der Waals surface area contributed by atoms with Gasteiger partial charge in [-0.15, -0.1) is 0 Å². The van der Waals surface area contributed by atoms with Crippen LogP contribution in [0.25, 0.3) is 0 Å². The standard InChI is InChI=1S/C37H54N6O9/c1-23(2)28(42-34(48)52-36(3,4)5)31(45)41-27(16-13-21-39-33(38)47)30(44)40-26-19-17-24(18-20-26)22-51-35(49)43(8)29(32(46)50-9)37(6,7)25-14-11-10-12-15-25/h10-12,14-15,17-20,23,27-29H,13,16,21-22H2,1-9H3,(H,40,44)(H,41,45)(H,42,48)(H3,38,39,47)/t27-,28?,29+/m0/s1. The summed E-state index contributed by atoms with van der Waals surface area (Å²) in [6.45, 7) is 12.3. The topological polar surface area (TPSA) is 207 Å². The summed E-state index contributed by atoms with van der Waals surface area (Å²) in [4.78, 5) is 77.5. The van der Waals surface area contributed by atoms with Gasteiger partial charge in [-0.2, -0.15) is 0 Å². The van der Waals surface area contributed by atoms with Crippen molar-refractivity contribution in [1.82, 2.24) is 20.9 Å². The van der Waals surface area contributed by atoms with Gasteiger partial charge in [-0.25, -0.2) is 19.2 Å². The largest absolute Gasteiger partial charge is 0.467 e. The minimum absolute atomic E-state index is 0.121. The number of hydrogen-bond donors (Lipinski definition) is 5. The lowest BCUT2D eigenvalue weighted by Crippen LogP contribution is -2.55. The third-order valence-corrected chi connectivity index (χ3v) is 8.11. The zero-order chi connectivity index (χ0) is 39.2. The van der Waals surface area contributed by atoms with Gasteiger partial charge in [0.2, 0.25) is 11.8 Å². The Morgan fingerprint density at radius 1 is 0.865 bits per heavy atom. The Morgan fingerprint density at radius 2 is 1.48 bits per heavy atom. The smallest absolute Gasteiger partial charge is 0.410 e. The highest BCUT2D eigenvalue weighted by Gasteiger charge is 2.43. The Balaban J connectivity index is 2.12. The molecule has 0 heterocycles. The molecule has 6 N–H and O–H groups in total. The van der Waals surface area contributed by atoms with Gasteiger partial charge in [0, 0.05) is 24.7 Å². The number of nitrogens with two attached hydrogens (primary N) is 1. The highest BCUT2D eigenvalue weighted by atomic mass is 16.6. The lowest BCUT2D eigenvalue weighted by atomic mass is 9.77. The molecule has 1 unspecified atom stereocenters. The quantitative estimate of drug-likeness (QED) is 0.0953. The highest BCUT2D eigenvalue weighted by molar-refractivity contribution is 5.98. The number of hydrogen-bond acceptors (Lipinski definition) is 9.